The molecule has 5 nitrogen and oxygen atoms in total. The molecule has 0 rings (SSSR count). The topological polar surface area (TPSA) is 76.0 Å². The summed E-state index contributed by atoms with van der Waals surface area (Å²) < 4.78 is 0. The lowest BCUT2D eigenvalue weighted by atomic mass is 10.0. The van der Waals surface area contributed by atoms with Gasteiger partial charge in [-0.3, -0.25) is 4.90 Å². The van der Waals surface area contributed by atoms with Crippen molar-refractivity contribution >= 4 is 0 Å². The molecule has 0 aliphatic rings. The minimum absolute atomic E-state index is 0.146. The molecule has 5 heteroatoms. The second-order valence-corrected chi connectivity index (χ2v) is 9.84. The predicted octanol–water partition coefficient (Wildman–Crippen LogP) is 5.66. The van der Waals surface area contributed by atoms with Crippen molar-refractivity contribution in [3.8, 4) is 0 Å². The molecule has 200 valence electrons. The van der Waals surface area contributed by atoms with E-state index < -0.39 is 0 Å². The molecular formula is C28H60N2O3. The third kappa shape index (κ3) is 23.3. The van der Waals surface area contributed by atoms with E-state index in [9.17, 15) is 10.2 Å². The summed E-state index contributed by atoms with van der Waals surface area (Å²) in [5.74, 6) is 0. The van der Waals surface area contributed by atoms with Gasteiger partial charge in [0, 0.05) is 25.7 Å². The molecule has 0 aromatic heterocycles. The van der Waals surface area contributed by atoms with Gasteiger partial charge in [0.25, 0.3) is 0 Å². The molecule has 4 N–H and O–H groups in total. The van der Waals surface area contributed by atoms with Crippen molar-refractivity contribution in [1.82, 2.24) is 10.2 Å². The van der Waals surface area contributed by atoms with Crippen LogP contribution in [0.15, 0.2) is 0 Å². The summed E-state index contributed by atoms with van der Waals surface area (Å²) in [6.07, 6.45) is 25.2. The second-order valence-electron chi connectivity index (χ2n) is 9.84. The van der Waals surface area contributed by atoms with Gasteiger partial charge < -0.3 is 20.6 Å². The van der Waals surface area contributed by atoms with Crippen LogP contribution in [0.1, 0.15) is 129 Å². The van der Waals surface area contributed by atoms with E-state index in [4.69, 9.17) is 5.11 Å². The molecule has 1 atom stereocenters. The SMILES string of the molecule is CCCCCCCCCCCCCCCCCCC(CCNCCCO)N(CCO)CCO. The molecule has 0 aromatic rings. The van der Waals surface area contributed by atoms with Gasteiger partial charge >= 0.3 is 0 Å². The highest BCUT2D eigenvalue weighted by molar-refractivity contribution is 4.73. The summed E-state index contributed by atoms with van der Waals surface area (Å²) in [6.45, 7) is 5.87. The van der Waals surface area contributed by atoms with Crippen molar-refractivity contribution in [2.24, 2.45) is 0 Å². The largest absolute Gasteiger partial charge is 0.396 e. The highest BCUT2D eigenvalue weighted by Gasteiger charge is 2.17. The first kappa shape index (κ1) is 32.8. The van der Waals surface area contributed by atoms with E-state index in [2.05, 4.69) is 17.1 Å². The summed E-state index contributed by atoms with van der Waals surface area (Å²) in [4.78, 5) is 2.25. The fourth-order valence-electron chi connectivity index (χ4n) is 4.77. The Kier molecular flexibility index (Phi) is 27.9. The van der Waals surface area contributed by atoms with Crippen LogP contribution in [0.3, 0.4) is 0 Å². The van der Waals surface area contributed by atoms with Crippen molar-refractivity contribution in [3.63, 3.8) is 0 Å². The van der Waals surface area contributed by atoms with Gasteiger partial charge in [0.1, 0.15) is 0 Å². The lowest BCUT2D eigenvalue weighted by molar-refractivity contribution is 0.110. The van der Waals surface area contributed by atoms with Gasteiger partial charge in [-0.25, -0.2) is 0 Å². The lowest BCUT2D eigenvalue weighted by Crippen LogP contribution is -2.41. The molecule has 33 heavy (non-hydrogen) atoms. The first-order chi connectivity index (χ1) is 16.3. The molecule has 0 aromatic carbocycles. The van der Waals surface area contributed by atoms with Crippen molar-refractivity contribution < 1.29 is 15.3 Å². The maximum atomic E-state index is 9.40. The molecule has 0 saturated heterocycles. The van der Waals surface area contributed by atoms with E-state index in [-0.39, 0.29) is 19.8 Å². The Morgan fingerprint density at radius 3 is 1.39 bits per heavy atom. The van der Waals surface area contributed by atoms with E-state index in [1.54, 1.807) is 0 Å². The van der Waals surface area contributed by atoms with Crippen molar-refractivity contribution in [2.45, 2.75) is 135 Å². The lowest BCUT2D eigenvalue weighted by Gasteiger charge is -2.31. The highest BCUT2D eigenvalue weighted by Crippen LogP contribution is 2.16. The molecule has 0 saturated carbocycles. The normalized spacial score (nSPS) is 12.6. The summed E-state index contributed by atoms with van der Waals surface area (Å²) in [6, 6.07) is 0.414. The zero-order valence-corrected chi connectivity index (χ0v) is 22.3. The Labute approximate surface area is 206 Å². The summed E-state index contributed by atoms with van der Waals surface area (Å²) in [5, 5.41) is 31.1. The maximum Gasteiger partial charge on any atom is 0.0558 e. The Morgan fingerprint density at radius 1 is 0.515 bits per heavy atom. The summed E-state index contributed by atoms with van der Waals surface area (Å²) in [7, 11) is 0. The van der Waals surface area contributed by atoms with Crippen LogP contribution in [0.5, 0.6) is 0 Å². The van der Waals surface area contributed by atoms with Gasteiger partial charge in [-0.15, -0.1) is 0 Å². The smallest absolute Gasteiger partial charge is 0.0558 e. The van der Waals surface area contributed by atoms with Crippen molar-refractivity contribution in [2.75, 3.05) is 46.0 Å². The molecule has 0 radical (unpaired) electrons. The van der Waals surface area contributed by atoms with E-state index in [0.29, 0.717) is 19.1 Å². The van der Waals surface area contributed by atoms with Gasteiger partial charge in [-0.2, -0.15) is 0 Å². The minimum atomic E-state index is 0.146. The third-order valence-corrected chi connectivity index (χ3v) is 6.85. The number of unbranched alkanes of at least 4 members (excludes halogenated alkanes) is 15. The molecule has 0 aliphatic heterocycles. The molecule has 0 aliphatic carbocycles. The monoisotopic (exact) mass is 472 g/mol. The molecule has 0 fully saturated rings. The quantitative estimate of drug-likeness (QED) is 0.111. The van der Waals surface area contributed by atoms with Crippen molar-refractivity contribution in [3.05, 3.63) is 0 Å². The van der Waals surface area contributed by atoms with E-state index >= 15 is 0 Å². The van der Waals surface area contributed by atoms with E-state index in [1.807, 2.05) is 0 Å². The molecule has 0 spiro atoms. The van der Waals surface area contributed by atoms with Crippen molar-refractivity contribution in [1.29, 1.82) is 0 Å². The third-order valence-electron chi connectivity index (χ3n) is 6.85. The fraction of sp³-hybridized carbons (Fsp3) is 1.00. The van der Waals surface area contributed by atoms with Crippen LogP contribution >= 0.6 is 0 Å². The Morgan fingerprint density at radius 2 is 0.970 bits per heavy atom. The number of aliphatic hydroxyl groups excluding tert-OH is 3. The number of aliphatic hydroxyl groups is 3. The van der Waals surface area contributed by atoms with Gasteiger partial charge in [0.05, 0.1) is 13.2 Å². The zero-order chi connectivity index (χ0) is 24.2. The highest BCUT2D eigenvalue weighted by atomic mass is 16.3. The van der Waals surface area contributed by atoms with Crippen LogP contribution in [0.4, 0.5) is 0 Å². The Bertz CT molecular complexity index is 352. The van der Waals surface area contributed by atoms with E-state index in [0.717, 1.165) is 32.4 Å². The summed E-state index contributed by atoms with van der Waals surface area (Å²) in [5.41, 5.74) is 0. The molecular weight excluding hydrogens is 412 g/mol. The molecule has 0 amide bonds. The number of rotatable bonds is 28. The van der Waals surface area contributed by atoms with Crippen LogP contribution in [0.2, 0.25) is 0 Å². The zero-order valence-electron chi connectivity index (χ0n) is 22.3. The molecule has 0 heterocycles. The fourth-order valence-corrected chi connectivity index (χ4v) is 4.77. The maximum absolute atomic E-state index is 9.40. The van der Waals surface area contributed by atoms with Gasteiger partial charge in [0.15, 0.2) is 0 Å². The average Bonchev–Trinajstić information content (AvgIpc) is 2.82. The van der Waals surface area contributed by atoms with Gasteiger partial charge in [-0.1, -0.05) is 110 Å². The van der Waals surface area contributed by atoms with Crippen LogP contribution in [-0.2, 0) is 0 Å². The van der Waals surface area contributed by atoms with Crippen LogP contribution in [-0.4, -0.2) is 72.3 Å². The second kappa shape index (κ2) is 28.0. The average molecular weight is 473 g/mol. The first-order valence-corrected chi connectivity index (χ1v) is 14.6. The van der Waals surface area contributed by atoms with Crippen LogP contribution < -0.4 is 5.32 Å². The first-order valence-electron chi connectivity index (χ1n) is 14.6. The Hall–Kier alpha value is -0.200. The molecule has 1 unspecified atom stereocenters. The summed E-state index contributed by atoms with van der Waals surface area (Å²) >= 11 is 0. The van der Waals surface area contributed by atoms with Gasteiger partial charge in [0.2, 0.25) is 0 Å². The number of hydrogen-bond donors (Lipinski definition) is 4. The van der Waals surface area contributed by atoms with Crippen LogP contribution in [0, 0.1) is 0 Å². The molecule has 0 bridgehead atoms. The minimum Gasteiger partial charge on any atom is -0.396 e. The Balaban J connectivity index is 3.72. The van der Waals surface area contributed by atoms with Crippen LogP contribution in [0.25, 0.3) is 0 Å². The van der Waals surface area contributed by atoms with E-state index in [1.165, 1.54) is 103 Å². The number of nitrogens with zero attached hydrogens (tertiary/aromatic N) is 1. The number of nitrogens with one attached hydrogen (secondary N) is 1. The standard InChI is InChI=1S/C28H60N2O3/c1-2-3-4-5-6-7-8-9-10-11-12-13-14-15-16-17-19-28(20-22-29-21-18-25-31)30(23-26-32)24-27-33/h28-29,31-33H,2-27H2,1H3. The van der Waals surface area contributed by atoms with Gasteiger partial charge in [-0.05, 0) is 32.4 Å². The predicted molar refractivity (Wildman–Crippen MR) is 143 cm³/mol. The number of hydrogen-bond acceptors (Lipinski definition) is 5.